The number of rotatable bonds is 4. The molecule has 2 atom stereocenters. The first-order valence-corrected chi connectivity index (χ1v) is 7.55. The molecule has 1 aromatic heterocycles. The smallest absolute Gasteiger partial charge is 0.307 e. The fourth-order valence-electron chi connectivity index (χ4n) is 2.39. The third kappa shape index (κ3) is 3.41. The van der Waals surface area contributed by atoms with Crippen LogP contribution in [0.4, 0.5) is 0 Å². The lowest BCUT2D eigenvalue weighted by atomic mass is 9.82. The summed E-state index contributed by atoms with van der Waals surface area (Å²) in [6.07, 6.45) is 4.63. The molecule has 1 heterocycles. The molecule has 0 aromatic carbocycles. The van der Waals surface area contributed by atoms with Crippen LogP contribution in [0.5, 0.6) is 0 Å². The van der Waals surface area contributed by atoms with Crippen LogP contribution in [0, 0.1) is 11.8 Å². The first-order valence-electron chi connectivity index (χ1n) is 6.36. The average Bonchev–Trinajstić information content (AvgIpc) is 2.83. The summed E-state index contributed by atoms with van der Waals surface area (Å²) in [7, 11) is 1.70. The number of carboxylic acid groups (broad SMARTS) is 1. The molecule has 0 fully saturated rings. The molecule has 1 N–H and O–H groups in total. The van der Waals surface area contributed by atoms with Gasteiger partial charge in [-0.25, -0.2) is 0 Å². The van der Waals surface area contributed by atoms with E-state index in [-0.39, 0.29) is 5.91 Å². The van der Waals surface area contributed by atoms with Crippen molar-refractivity contribution in [3.8, 4) is 0 Å². The van der Waals surface area contributed by atoms with Gasteiger partial charge in [-0.15, -0.1) is 11.3 Å². The van der Waals surface area contributed by atoms with E-state index in [2.05, 4.69) is 0 Å². The van der Waals surface area contributed by atoms with Crippen LogP contribution in [0.15, 0.2) is 24.3 Å². The van der Waals surface area contributed by atoms with Crippen LogP contribution in [0.3, 0.4) is 0 Å². The number of carbonyl (C=O) groups excluding carboxylic acids is 1. The minimum absolute atomic E-state index is 0.119. The topological polar surface area (TPSA) is 57.6 Å². The van der Waals surface area contributed by atoms with E-state index >= 15 is 0 Å². The SMILES string of the molecule is CN(Cc1ccc(Cl)s1)C(=O)[C@@H]1CC=CC[C@@H]1C(=O)O. The second-order valence-corrected chi connectivity index (χ2v) is 6.69. The summed E-state index contributed by atoms with van der Waals surface area (Å²) >= 11 is 7.29. The molecular formula is C14H16ClNO3S. The predicted octanol–water partition coefficient (Wildman–Crippen LogP) is 3.03. The molecule has 0 unspecified atom stereocenters. The van der Waals surface area contributed by atoms with Crippen molar-refractivity contribution < 1.29 is 14.7 Å². The molecule has 108 valence electrons. The van der Waals surface area contributed by atoms with Crippen LogP contribution >= 0.6 is 22.9 Å². The zero-order chi connectivity index (χ0) is 14.7. The Morgan fingerprint density at radius 3 is 2.55 bits per heavy atom. The summed E-state index contributed by atoms with van der Waals surface area (Å²) in [6, 6.07) is 3.68. The molecule has 0 bridgehead atoms. The number of hydrogen-bond acceptors (Lipinski definition) is 3. The molecule has 0 saturated heterocycles. The Hall–Kier alpha value is -1.33. The van der Waals surface area contributed by atoms with Crippen molar-refractivity contribution in [2.45, 2.75) is 19.4 Å². The van der Waals surface area contributed by atoms with E-state index in [0.717, 1.165) is 4.88 Å². The Kier molecular flexibility index (Phi) is 4.83. The Balaban J connectivity index is 2.05. The van der Waals surface area contributed by atoms with Crippen molar-refractivity contribution in [2.24, 2.45) is 11.8 Å². The molecule has 0 radical (unpaired) electrons. The van der Waals surface area contributed by atoms with Crippen LogP contribution < -0.4 is 0 Å². The van der Waals surface area contributed by atoms with Gasteiger partial charge in [-0.3, -0.25) is 9.59 Å². The number of halogens is 1. The number of amides is 1. The lowest BCUT2D eigenvalue weighted by Crippen LogP contribution is -2.39. The summed E-state index contributed by atoms with van der Waals surface area (Å²) in [6.45, 7) is 0.461. The normalized spacial score (nSPS) is 21.7. The maximum Gasteiger partial charge on any atom is 0.307 e. The van der Waals surface area contributed by atoms with Crippen LogP contribution in [0.1, 0.15) is 17.7 Å². The summed E-state index contributed by atoms with van der Waals surface area (Å²) in [4.78, 5) is 26.2. The standard InChI is InChI=1S/C14H16ClNO3S/c1-16(8-9-6-7-12(15)20-9)13(17)10-4-2-3-5-11(10)14(18)19/h2-3,6-7,10-11H,4-5,8H2,1H3,(H,18,19)/t10-,11+/m1/s1. The number of aliphatic carboxylic acids is 1. The minimum Gasteiger partial charge on any atom is -0.481 e. The highest BCUT2D eigenvalue weighted by Crippen LogP contribution is 2.29. The number of hydrogen-bond donors (Lipinski definition) is 1. The van der Waals surface area contributed by atoms with E-state index in [1.807, 2.05) is 18.2 Å². The number of allylic oxidation sites excluding steroid dienone is 2. The van der Waals surface area contributed by atoms with E-state index in [4.69, 9.17) is 11.6 Å². The molecular weight excluding hydrogens is 298 g/mol. The number of carboxylic acids is 1. The third-order valence-corrected chi connectivity index (χ3v) is 4.68. The van der Waals surface area contributed by atoms with E-state index < -0.39 is 17.8 Å². The summed E-state index contributed by atoms with van der Waals surface area (Å²) in [5, 5.41) is 9.21. The van der Waals surface area contributed by atoms with E-state index in [1.165, 1.54) is 11.3 Å². The first-order chi connectivity index (χ1) is 9.49. The molecule has 1 aliphatic carbocycles. The molecule has 1 aromatic rings. The Labute approximate surface area is 126 Å². The second kappa shape index (κ2) is 6.41. The lowest BCUT2D eigenvalue weighted by molar-refractivity contribution is -0.150. The highest BCUT2D eigenvalue weighted by atomic mass is 35.5. The molecule has 4 nitrogen and oxygen atoms in total. The summed E-state index contributed by atoms with van der Waals surface area (Å²) in [5.41, 5.74) is 0. The van der Waals surface area contributed by atoms with E-state index in [0.29, 0.717) is 23.7 Å². The Bertz CT molecular complexity index is 540. The maximum atomic E-state index is 12.4. The van der Waals surface area contributed by atoms with Crippen molar-refractivity contribution in [1.29, 1.82) is 0 Å². The highest BCUT2D eigenvalue weighted by Gasteiger charge is 2.35. The minimum atomic E-state index is -0.903. The van der Waals surface area contributed by atoms with E-state index in [9.17, 15) is 14.7 Å². The van der Waals surface area contributed by atoms with Gasteiger partial charge < -0.3 is 10.0 Å². The first kappa shape index (κ1) is 15.1. The largest absolute Gasteiger partial charge is 0.481 e. The van der Waals surface area contributed by atoms with Crippen molar-refractivity contribution in [3.05, 3.63) is 33.5 Å². The van der Waals surface area contributed by atoms with Crippen molar-refractivity contribution in [3.63, 3.8) is 0 Å². The van der Waals surface area contributed by atoms with Crippen LogP contribution in [-0.2, 0) is 16.1 Å². The average molecular weight is 314 g/mol. The molecule has 0 spiro atoms. The van der Waals surface area contributed by atoms with Crippen molar-refractivity contribution in [1.82, 2.24) is 4.90 Å². The van der Waals surface area contributed by atoms with Crippen molar-refractivity contribution in [2.75, 3.05) is 7.05 Å². The Morgan fingerprint density at radius 1 is 1.35 bits per heavy atom. The molecule has 2 rings (SSSR count). The molecule has 0 saturated carbocycles. The zero-order valence-corrected chi connectivity index (χ0v) is 12.7. The van der Waals surface area contributed by atoms with Gasteiger partial charge in [0.15, 0.2) is 0 Å². The zero-order valence-electron chi connectivity index (χ0n) is 11.1. The molecule has 6 heteroatoms. The Morgan fingerprint density at radius 2 is 2.00 bits per heavy atom. The fourth-order valence-corrected chi connectivity index (χ4v) is 3.53. The van der Waals surface area contributed by atoms with Gasteiger partial charge in [0.25, 0.3) is 0 Å². The van der Waals surface area contributed by atoms with Gasteiger partial charge >= 0.3 is 5.97 Å². The number of nitrogens with zero attached hydrogens (tertiary/aromatic N) is 1. The number of thiophene rings is 1. The summed E-state index contributed by atoms with van der Waals surface area (Å²) in [5.74, 6) is -2.12. The van der Waals surface area contributed by atoms with Gasteiger partial charge in [-0.2, -0.15) is 0 Å². The van der Waals surface area contributed by atoms with Crippen LogP contribution in [-0.4, -0.2) is 28.9 Å². The quantitative estimate of drug-likeness (QED) is 0.869. The molecule has 0 aliphatic heterocycles. The predicted molar refractivity (Wildman–Crippen MR) is 78.8 cm³/mol. The van der Waals surface area contributed by atoms with E-state index in [1.54, 1.807) is 18.0 Å². The highest BCUT2D eigenvalue weighted by molar-refractivity contribution is 7.16. The summed E-state index contributed by atoms with van der Waals surface area (Å²) < 4.78 is 0.685. The lowest BCUT2D eigenvalue weighted by Gasteiger charge is -2.28. The fraction of sp³-hybridized carbons (Fsp3) is 0.429. The van der Waals surface area contributed by atoms with Gasteiger partial charge in [0.1, 0.15) is 0 Å². The number of carbonyl (C=O) groups is 2. The second-order valence-electron chi connectivity index (χ2n) is 4.89. The van der Waals surface area contributed by atoms with Crippen LogP contribution in [0.25, 0.3) is 0 Å². The molecule has 20 heavy (non-hydrogen) atoms. The van der Waals surface area contributed by atoms with Crippen molar-refractivity contribution >= 4 is 34.8 Å². The molecule has 1 aliphatic rings. The maximum absolute atomic E-state index is 12.4. The van der Waals surface area contributed by atoms with Gasteiger partial charge in [-0.1, -0.05) is 23.8 Å². The third-order valence-electron chi connectivity index (χ3n) is 3.46. The molecule has 1 amide bonds. The van der Waals surface area contributed by atoms with Gasteiger partial charge in [-0.05, 0) is 25.0 Å². The van der Waals surface area contributed by atoms with Crippen LogP contribution in [0.2, 0.25) is 4.34 Å². The van der Waals surface area contributed by atoms with Gasteiger partial charge in [0.05, 0.1) is 22.7 Å². The van der Waals surface area contributed by atoms with Gasteiger partial charge in [0.2, 0.25) is 5.91 Å². The monoisotopic (exact) mass is 313 g/mol. The van der Waals surface area contributed by atoms with Gasteiger partial charge in [0, 0.05) is 11.9 Å².